The van der Waals surface area contributed by atoms with E-state index in [1.165, 1.54) is 5.19 Å². The molecule has 0 radical (unpaired) electrons. The predicted molar refractivity (Wildman–Crippen MR) is 64.2 cm³/mol. The summed E-state index contributed by atoms with van der Waals surface area (Å²) in [6.07, 6.45) is 0. The molecule has 0 amide bonds. The second kappa shape index (κ2) is 6.28. The molecule has 0 heterocycles. The van der Waals surface area contributed by atoms with Crippen molar-refractivity contribution in [3.63, 3.8) is 0 Å². The number of hydrogen-bond donors (Lipinski definition) is 0. The van der Waals surface area contributed by atoms with Crippen LogP contribution < -0.4 is 5.19 Å². The highest BCUT2D eigenvalue weighted by atomic mass is 28.4. The average molecular weight is 228 g/mol. The minimum atomic E-state index is -1.47. The van der Waals surface area contributed by atoms with Crippen molar-refractivity contribution in [2.45, 2.75) is 13.1 Å². The molecule has 0 N–H and O–H groups in total. The summed E-state index contributed by atoms with van der Waals surface area (Å²) in [5, 5.41) is 1.28. The van der Waals surface area contributed by atoms with E-state index in [0.717, 1.165) is 0 Å². The predicted octanol–water partition coefficient (Wildman–Crippen LogP) is -0.589. The van der Waals surface area contributed by atoms with Crippen LogP contribution in [-0.4, -0.2) is 28.8 Å². The topological polar surface area (TPSA) is 18.5 Å². The lowest BCUT2D eigenvalue weighted by Crippen LogP contribution is -2.38. The van der Waals surface area contributed by atoms with Crippen molar-refractivity contribution >= 4 is 34.0 Å². The van der Waals surface area contributed by atoms with Gasteiger partial charge in [0.15, 0.2) is 0 Å². The molecule has 2 nitrogen and oxygen atoms in total. The molecule has 1 aromatic carbocycles. The van der Waals surface area contributed by atoms with Gasteiger partial charge in [-0.05, 0) is 5.19 Å². The number of benzene rings is 1. The fraction of sp³-hybridized carbons (Fsp3) is 0.250. The Balaban J connectivity index is 2.64. The van der Waals surface area contributed by atoms with E-state index in [2.05, 4.69) is 37.4 Å². The summed E-state index contributed by atoms with van der Waals surface area (Å²) in [6, 6.07) is 10.4. The van der Waals surface area contributed by atoms with E-state index in [1.54, 1.807) is 0 Å². The van der Waals surface area contributed by atoms with Gasteiger partial charge in [0.2, 0.25) is 0 Å². The number of hydrogen-bond acceptors (Lipinski definition) is 2. The standard InChI is InChI=1S/C8H16O2Si3/c1-11-9-13(10-12-2)8-6-4-3-5-7-8/h3-7,13H,11-12H2,1-2H3. The highest BCUT2D eigenvalue weighted by Crippen LogP contribution is 1.91. The molecule has 0 atom stereocenters. The van der Waals surface area contributed by atoms with Crippen LogP contribution in [0.2, 0.25) is 13.1 Å². The van der Waals surface area contributed by atoms with Crippen molar-refractivity contribution in [3.8, 4) is 0 Å². The van der Waals surface area contributed by atoms with Crippen LogP contribution in [0.3, 0.4) is 0 Å². The SMILES string of the molecule is C[SiH2]O[SiH](O[SiH2]C)c1ccccc1. The quantitative estimate of drug-likeness (QED) is 0.628. The van der Waals surface area contributed by atoms with E-state index >= 15 is 0 Å². The summed E-state index contributed by atoms with van der Waals surface area (Å²) in [6.45, 7) is 4.31. The second-order valence-electron chi connectivity index (χ2n) is 2.65. The van der Waals surface area contributed by atoms with Crippen molar-refractivity contribution in [2.24, 2.45) is 0 Å². The monoisotopic (exact) mass is 228 g/mol. The van der Waals surface area contributed by atoms with E-state index in [1.807, 2.05) is 6.07 Å². The van der Waals surface area contributed by atoms with Gasteiger partial charge in [-0.25, -0.2) is 0 Å². The summed E-state index contributed by atoms with van der Waals surface area (Å²) in [5.41, 5.74) is 0. The van der Waals surface area contributed by atoms with Crippen molar-refractivity contribution < 1.29 is 8.23 Å². The smallest absolute Gasteiger partial charge is 0.334 e. The maximum Gasteiger partial charge on any atom is 0.334 e. The van der Waals surface area contributed by atoms with Crippen LogP contribution >= 0.6 is 0 Å². The first kappa shape index (κ1) is 10.9. The Bertz CT molecular complexity index is 224. The van der Waals surface area contributed by atoms with E-state index in [9.17, 15) is 0 Å². The first-order chi connectivity index (χ1) is 6.38. The first-order valence-corrected chi connectivity index (χ1v) is 10.2. The van der Waals surface area contributed by atoms with E-state index in [4.69, 9.17) is 8.23 Å². The average Bonchev–Trinajstić information content (AvgIpc) is 2.19. The van der Waals surface area contributed by atoms with Gasteiger partial charge in [0.25, 0.3) is 0 Å². The van der Waals surface area contributed by atoms with Crippen LogP contribution in [0.4, 0.5) is 0 Å². The van der Waals surface area contributed by atoms with Crippen molar-refractivity contribution in [2.75, 3.05) is 0 Å². The lowest BCUT2D eigenvalue weighted by molar-refractivity contribution is 0.475. The fourth-order valence-electron chi connectivity index (χ4n) is 1.15. The molecule has 13 heavy (non-hydrogen) atoms. The van der Waals surface area contributed by atoms with Crippen molar-refractivity contribution in [1.82, 2.24) is 0 Å². The van der Waals surface area contributed by atoms with Crippen LogP contribution in [0.5, 0.6) is 0 Å². The van der Waals surface area contributed by atoms with Crippen molar-refractivity contribution in [3.05, 3.63) is 30.3 Å². The first-order valence-electron chi connectivity index (χ1n) is 4.66. The lowest BCUT2D eigenvalue weighted by atomic mass is 10.4. The Morgan fingerprint density at radius 3 is 2.00 bits per heavy atom. The van der Waals surface area contributed by atoms with Gasteiger partial charge < -0.3 is 8.23 Å². The van der Waals surface area contributed by atoms with Gasteiger partial charge in [0, 0.05) is 0 Å². The Hall–Kier alpha value is -0.209. The minimum Gasteiger partial charge on any atom is -0.441 e. The molecule has 0 unspecified atom stereocenters. The van der Waals surface area contributed by atoms with Crippen molar-refractivity contribution in [1.29, 1.82) is 0 Å². The van der Waals surface area contributed by atoms with E-state index in [0.29, 0.717) is 0 Å². The molecule has 72 valence electrons. The maximum atomic E-state index is 5.76. The molecule has 5 heteroatoms. The summed E-state index contributed by atoms with van der Waals surface area (Å²) >= 11 is 0. The summed E-state index contributed by atoms with van der Waals surface area (Å²) in [4.78, 5) is 0. The second-order valence-corrected chi connectivity index (χ2v) is 7.81. The van der Waals surface area contributed by atoms with Gasteiger partial charge in [-0.3, -0.25) is 0 Å². The van der Waals surface area contributed by atoms with Crippen LogP contribution in [0.25, 0.3) is 0 Å². The van der Waals surface area contributed by atoms with Crippen LogP contribution in [0, 0.1) is 0 Å². The molecule has 1 rings (SSSR count). The molecule has 1 aromatic rings. The zero-order valence-corrected chi connectivity index (χ0v) is 12.2. The van der Waals surface area contributed by atoms with Gasteiger partial charge in [-0.1, -0.05) is 43.4 Å². The molecule has 0 bridgehead atoms. The molecular weight excluding hydrogens is 212 g/mol. The molecule has 0 aliphatic rings. The largest absolute Gasteiger partial charge is 0.441 e. The van der Waals surface area contributed by atoms with Crippen LogP contribution in [0.15, 0.2) is 30.3 Å². The Kier molecular flexibility index (Phi) is 5.25. The third-order valence-electron chi connectivity index (χ3n) is 1.71. The van der Waals surface area contributed by atoms with Gasteiger partial charge in [0.05, 0.1) is 0 Å². The fourth-order valence-corrected chi connectivity index (χ4v) is 6.90. The Morgan fingerprint density at radius 1 is 1.00 bits per heavy atom. The van der Waals surface area contributed by atoms with Gasteiger partial charge in [-0.15, -0.1) is 0 Å². The van der Waals surface area contributed by atoms with E-state index < -0.39 is 9.28 Å². The highest BCUT2D eigenvalue weighted by Gasteiger charge is 2.12. The highest BCUT2D eigenvalue weighted by molar-refractivity contribution is 6.69. The maximum absolute atomic E-state index is 5.76. The summed E-state index contributed by atoms with van der Waals surface area (Å²) in [5.74, 6) is 0. The summed E-state index contributed by atoms with van der Waals surface area (Å²) < 4.78 is 11.5. The molecule has 0 fully saturated rings. The molecule has 0 aromatic heterocycles. The third-order valence-corrected chi connectivity index (χ3v) is 7.73. The minimum absolute atomic E-state index is 0.339. The normalized spacial score (nSPS) is 14.6. The molecule has 0 saturated heterocycles. The number of rotatable bonds is 5. The van der Waals surface area contributed by atoms with Crippen LogP contribution in [-0.2, 0) is 8.23 Å². The molecule has 0 spiro atoms. The lowest BCUT2D eigenvalue weighted by Gasteiger charge is -2.15. The van der Waals surface area contributed by atoms with Gasteiger partial charge in [0.1, 0.15) is 19.5 Å². The third kappa shape index (κ3) is 3.57. The zero-order valence-electron chi connectivity index (χ0n) is 8.19. The molecule has 0 saturated carbocycles. The van der Waals surface area contributed by atoms with Gasteiger partial charge >= 0.3 is 9.28 Å². The van der Waals surface area contributed by atoms with Crippen LogP contribution in [0.1, 0.15) is 0 Å². The van der Waals surface area contributed by atoms with E-state index in [-0.39, 0.29) is 19.5 Å². The Labute approximate surface area is 86.0 Å². The van der Waals surface area contributed by atoms with Gasteiger partial charge in [-0.2, -0.15) is 0 Å². The molecule has 0 aliphatic carbocycles. The Morgan fingerprint density at radius 2 is 1.54 bits per heavy atom. The molecule has 0 aliphatic heterocycles. The zero-order chi connectivity index (χ0) is 9.52. The summed E-state index contributed by atoms with van der Waals surface area (Å²) in [7, 11) is -2.15. The molecular formula is C8H16O2Si3.